The van der Waals surface area contributed by atoms with E-state index in [9.17, 15) is 14.9 Å². The molecular weight excluding hydrogens is 274 g/mol. The second kappa shape index (κ2) is 4.98. The van der Waals surface area contributed by atoms with Crippen LogP contribution in [0.3, 0.4) is 0 Å². The number of furan rings is 1. The van der Waals surface area contributed by atoms with Crippen molar-refractivity contribution < 1.29 is 19.2 Å². The molecule has 0 fully saturated rings. The summed E-state index contributed by atoms with van der Waals surface area (Å²) in [6, 6.07) is 5.40. The van der Waals surface area contributed by atoms with Crippen LogP contribution in [0.4, 0.5) is 11.5 Å². The van der Waals surface area contributed by atoms with Gasteiger partial charge in [0, 0.05) is 6.07 Å². The topological polar surface area (TPSA) is 132 Å². The zero-order valence-electron chi connectivity index (χ0n) is 9.27. The molecule has 0 aromatic carbocycles. The molecule has 2 aromatic heterocycles. The molecule has 8 nitrogen and oxygen atoms in total. The van der Waals surface area contributed by atoms with Crippen LogP contribution >= 0.6 is 11.8 Å². The van der Waals surface area contributed by atoms with E-state index in [1.807, 2.05) is 0 Å². The second-order valence-electron chi connectivity index (χ2n) is 3.34. The highest BCUT2D eigenvalue weighted by Crippen LogP contribution is 2.30. The molecule has 0 radical (unpaired) electrons. The van der Waals surface area contributed by atoms with Crippen LogP contribution in [-0.4, -0.2) is 21.0 Å². The molecule has 2 aromatic rings. The number of aromatic nitrogens is 1. The summed E-state index contributed by atoms with van der Waals surface area (Å²) in [4.78, 5) is 24.4. The summed E-state index contributed by atoms with van der Waals surface area (Å²) in [5, 5.41) is 19.9. The largest absolute Gasteiger partial charge is 0.475 e. The normalized spacial score (nSPS) is 10.3. The molecule has 98 valence electrons. The summed E-state index contributed by atoms with van der Waals surface area (Å²) < 4.78 is 5.02. The SMILES string of the molecule is Nc1nc(Sc2ccc(C(=O)O)o2)ccc1[N+](=O)[O-]. The third-order valence-corrected chi connectivity index (χ3v) is 2.93. The molecule has 3 N–H and O–H groups in total. The molecule has 0 amide bonds. The Bertz CT molecular complexity index is 654. The van der Waals surface area contributed by atoms with E-state index in [1.54, 1.807) is 0 Å². The van der Waals surface area contributed by atoms with Gasteiger partial charge in [-0.3, -0.25) is 10.1 Å². The lowest BCUT2D eigenvalue weighted by molar-refractivity contribution is -0.384. The lowest BCUT2D eigenvalue weighted by Crippen LogP contribution is -1.98. The highest BCUT2D eigenvalue weighted by molar-refractivity contribution is 7.99. The van der Waals surface area contributed by atoms with Gasteiger partial charge in [-0.1, -0.05) is 0 Å². The van der Waals surface area contributed by atoms with Crippen LogP contribution < -0.4 is 5.73 Å². The van der Waals surface area contributed by atoms with Gasteiger partial charge in [-0.05, 0) is 30.0 Å². The van der Waals surface area contributed by atoms with Crippen LogP contribution in [0.15, 0.2) is 38.8 Å². The smallest absolute Gasteiger partial charge is 0.371 e. The van der Waals surface area contributed by atoms with E-state index in [1.165, 1.54) is 24.3 Å². The van der Waals surface area contributed by atoms with Crippen molar-refractivity contribution in [3.05, 3.63) is 40.1 Å². The molecule has 0 aliphatic rings. The van der Waals surface area contributed by atoms with E-state index < -0.39 is 10.9 Å². The van der Waals surface area contributed by atoms with Gasteiger partial charge in [-0.2, -0.15) is 0 Å². The van der Waals surface area contributed by atoms with Crippen LogP contribution in [0.1, 0.15) is 10.6 Å². The number of carboxylic acid groups (broad SMARTS) is 1. The number of hydrogen-bond donors (Lipinski definition) is 2. The van der Waals surface area contributed by atoms with Crippen LogP contribution in [0.25, 0.3) is 0 Å². The fraction of sp³-hybridized carbons (Fsp3) is 0. The Morgan fingerprint density at radius 3 is 2.68 bits per heavy atom. The maximum Gasteiger partial charge on any atom is 0.371 e. The molecule has 9 heteroatoms. The molecule has 0 bridgehead atoms. The molecule has 0 saturated heterocycles. The molecular formula is C10H7N3O5S. The Balaban J connectivity index is 2.21. The minimum absolute atomic E-state index is 0.197. The van der Waals surface area contributed by atoms with Gasteiger partial charge in [0.2, 0.25) is 11.6 Å². The molecule has 0 saturated carbocycles. The molecule has 0 aliphatic heterocycles. The van der Waals surface area contributed by atoms with Gasteiger partial charge < -0.3 is 15.3 Å². The summed E-state index contributed by atoms with van der Waals surface area (Å²) in [6.07, 6.45) is 0. The van der Waals surface area contributed by atoms with Gasteiger partial charge in [-0.25, -0.2) is 9.78 Å². The van der Waals surface area contributed by atoms with E-state index >= 15 is 0 Å². The van der Waals surface area contributed by atoms with Gasteiger partial charge in [-0.15, -0.1) is 0 Å². The van der Waals surface area contributed by atoms with Crippen molar-refractivity contribution in [3.63, 3.8) is 0 Å². The lowest BCUT2D eigenvalue weighted by atomic mass is 10.4. The molecule has 0 aliphatic carbocycles. The quantitative estimate of drug-likeness (QED) is 0.642. The van der Waals surface area contributed by atoms with Crippen LogP contribution in [0.5, 0.6) is 0 Å². The van der Waals surface area contributed by atoms with Gasteiger partial charge >= 0.3 is 11.7 Å². The number of aromatic carboxylic acids is 1. The highest BCUT2D eigenvalue weighted by atomic mass is 32.2. The number of rotatable bonds is 4. The summed E-state index contributed by atoms with van der Waals surface area (Å²) >= 11 is 1.02. The number of nitrogens with two attached hydrogens (primary N) is 1. The van der Waals surface area contributed by atoms with Crippen LogP contribution in [0.2, 0.25) is 0 Å². The Morgan fingerprint density at radius 2 is 2.16 bits per heavy atom. The first kappa shape index (κ1) is 12.9. The summed E-state index contributed by atoms with van der Waals surface area (Å²) in [7, 11) is 0. The minimum Gasteiger partial charge on any atom is -0.475 e. The predicted molar refractivity (Wildman–Crippen MR) is 65.1 cm³/mol. The van der Waals surface area contributed by atoms with Gasteiger partial charge in [0.1, 0.15) is 5.03 Å². The van der Waals surface area contributed by atoms with Gasteiger partial charge in [0.15, 0.2) is 5.09 Å². The van der Waals surface area contributed by atoms with Gasteiger partial charge in [0.05, 0.1) is 4.92 Å². The van der Waals surface area contributed by atoms with Crippen molar-refractivity contribution in [2.24, 2.45) is 0 Å². The Hall–Kier alpha value is -2.55. The zero-order valence-corrected chi connectivity index (χ0v) is 10.1. The first-order chi connectivity index (χ1) is 8.97. The third-order valence-electron chi connectivity index (χ3n) is 2.07. The molecule has 2 rings (SSSR count). The standard InChI is InChI=1S/C10H7N3O5S/c11-9-5(13(16)17)1-3-7(12-9)19-8-4-2-6(18-8)10(14)15/h1-4H,(H2,11,12)(H,14,15). The van der Waals surface area contributed by atoms with Crippen molar-refractivity contribution in [3.8, 4) is 0 Å². The Morgan fingerprint density at radius 1 is 1.42 bits per heavy atom. The molecule has 0 unspecified atom stereocenters. The van der Waals surface area contributed by atoms with E-state index in [0.717, 1.165) is 11.8 Å². The fourth-order valence-electron chi connectivity index (χ4n) is 1.25. The van der Waals surface area contributed by atoms with Crippen LogP contribution in [0, 0.1) is 10.1 Å². The van der Waals surface area contributed by atoms with Crippen LogP contribution in [-0.2, 0) is 0 Å². The van der Waals surface area contributed by atoms with Crippen molar-refractivity contribution in [1.82, 2.24) is 4.98 Å². The lowest BCUT2D eigenvalue weighted by Gasteiger charge is -1.99. The molecule has 0 spiro atoms. The average molecular weight is 281 g/mol. The van der Waals surface area contributed by atoms with Crippen molar-refractivity contribution in [2.75, 3.05) is 5.73 Å². The third kappa shape index (κ3) is 2.83. The Labute approximate surface area is 110 Å². The first-order valence-corrected chi connectivity index (χ1v) is 5.71. The molecule has 19 heavy (non-hydrogen) atoms. The molecule has 0 atom stereocenters. The van der Waals surface area contributed by atoms with Gasteiger partial charge in [0.25, 0.3) is 0 Å². The van der Waals surface area contributed by atoms with E-state index in [4.69, 9.17) is 15.3 Å². The van der Waals surface area contributed by atoms with Crippen molar-refractivity contribution >= 4 is 29.2 Å². The summed E-state index contributed by atoms with van der Waals surface area (Å²) in [6.45, 7) is 0. The van der Waals surface area contributed by atoms with E-state index in [0.29, 0.717) is 10.1 Å². The predicted octanol–water partition coefficient (Wildman–Crippen LogP) is 2.01. The van der Waals surface area contributed by atoms with E-state index in [2.05, 4.69) is 4.98 Å². The number of hydrogen-bond acceptors (Lipinski definition) is 7. The number of anilines is 1. The second-order valence-corrected chi connectivity index (χ2v) is 4.36. The average Bonchev–Trinajstić information content (AvgIpc) is 2.77. The number of nitrogen functional groups attached to an aromatic ring is 1. The first-order valence-electron chi connectivity index (χ1n) is 4.89. The number of carboxylic acids is 1. The number of nitro groups is 1. The fourth-order valence-corrected chi connectivity index (χ4v) is 2.01. The maximum absolute atomic E-state index is 10.6. The number of carbonyl (C=O) groups is 1. The highest BCUT2D eigenvalue weighted by Gasteiger charge is 2.15. The zero-order chi connectivity index (χ0) is 14.0. The van der Waals surface area contributed by atoms with E-state index in [-0.39, 0.29) is 17.3 Å². The molecule has 2 heterocycles. The Kier molecular flexibility index (Phi) is 3.38. The summed E-state index contributed by atoms with van der Waals surface area (Å²) in [5.41, 5.74) is 5.16. The number of nitrogens with zero attached hydrogens (tertiary/aromatic N) is 2. The number of pyridine rings is 1. The minimum atomic E-state index is -1.18. The van der Waals surface area contributed by atoms with Crippen molar-refractivity contribution in [1.29, 1.82) is 0 Å². The monoisotopic (exact) mass is 281 g/mol. The maximum atomic E-state index is 10.6. The summed E-state index contributed by atoms with van der Waals surface area (Å²) in [5.74, 6) is -1.58. The van der Waals surface area contributed by atoms with Crippen molar-refractivity contribution in [2.45, 2.75) is 10.1 Å².